The standard InChI is InChI=1S/C20H25FN4O5/c1-11(2)17(22-20(27)28)19(26)25-8-6-14(7-9-25)30-16-5-4-13(21)10-15(16)18-24-23-12(3)29-18/h4-5,10-11,14,17,22H,6-9H2,1-3H3,(H,27,28)/t17-/m0/s1. The van der Waals surface area contributed by atoms with E-state index < -0.39 is 18.0 Å². The first-order valence-corrected chi connectivity index (χ1v) is 9.79. The van der Waals surface area contributed by atoms with Gasteiger partial charge in [0.15, 0.2) is 0 Å². The molecule has 1 saturated heterocycles. The van der Waals surface area contributed by atoms with Crippen molar-refractivity contribution in [3.05, 3.63) is 29.9 Å². The van der Waals surface area contributed by atoms with E-state index in [-0.39, 0.29) is 23.8 Å². The molecule has 2 aromatic rings. The quantitative estimate of drug-likeness (QED) is 0.738. The minimum Gasteiger partial charge on any atom is -0.489 e. The lowest BCUT2D eigenvalue weighted by Gasteiger charge is -2.35. The molecule has 1 atom stereocenters. The van der Waals surface area contributed by atoms with Crippen molar-refractivity contribution < 1.29 is 28.2 Å². The number of carbonyl (C=O) groups excluding carboxylic acids is 1. The van der Waals surface area contributed by atoms with Gasteiger partial charge in [0.2, 0.25) is 11.8 Å². The number of likely N-dealkylation sites (tertiary alicyclic amines) is 1. The van der Waals surface area contributed by atoms with Crippen molar-refractivity contribution in [3.8, 4) is 17.2 Å². The van der Waals surface area contributed by atoms with Crippen LogP contribution in [0.2, 0.25) is 0 Å². The van der Waals surface area contributed by atoms with E-state index in [0.717, 1.165) is 0 Å². The fourth-order valence-corrected chi connectivity index (χ4v) is 3.39. The number of rotatable bonds is 6. The van der Waals surface area contributed by atoms with Gasteiger partial charge in [0, 0.05) is 32.9 Å². The Labute approximate surface area is 173 Å². The summed E-state index contributed by atoms with van der Waals surface area (Å²) in [7, 11) is 0. The Morgan fingerprint density at radius 1 is 1.30 bits per heavy atom. The molecular formula is C20H25FN4O5. The lowest BCUT2D eigenvalue weighted by atomic mass is 10.0. The number of nitrogens with zero attached hydrogens (tertiary/aromatic N) is 3. The Bertz CT molecular complexity index is 908. The van der Waals surface area contributed by atoms with Gasteiger partial charge in [0.1, 0.15) is 23.7 Å². The van der Waals surface area contributed by atoms with E-state index in [2.05, 4.69) is 15.5 Å². The summed E-state index contributed by atoms with van der Waals surface area (Å²) in [5.41, 5.74) is 0.375. The summed E-state index contributed by atoms with van der Waals surface area (Å²) in [5, 5.41) is 19.0. The molecule has 0 saturated carbocycles. The maximum atomic E-state index is 13.8. The number of piperidine rings is 1. The SMILES string of the molecule is Cc1nnc(-c2cc(F)ccc2OC2CCN(C(=O)[C@@H](NC(=O)O)C(C)C)CC2)o1. The summed E-state index contributed by atoms with van der Waals surface area (Å²) in [5.74, 6) is 0.115. The number of carbonyl (C=O) groups is 2. The summed E-state index contributed by atoms with van der Waals surface area (Å²) < 4.78 is 25.2. The molecule has 30 heavy (non-hydrogen) atoms. The largest absolute Gasteiger partial charge is 0.489 e. The Morgan fingerprint density at radius 2 is 2.00 bits per heavy atom. The number of carboxylic acid groups (broad SMARTS) is 1. The molecule has 2 N–H and O–H groups in total. The predicted molar refractivity (Wildman–Crippen MR) is 104 cm³/mol. The van der Waals surface area contributed by atoms with Gasteiger partial charge in [-0.25, -0.2) is 9.18 Å². The number of aryl methyl sites for hydroxylation is 1. The number of halogens is 1. The molecule has 1 aliphatic rings. The van der Waals surface area contributed by atoms with Crippen LogP contribution in [-0.2, 0) is 4.79 Å². The van der Waals surface area contributed by atoms with Crippen LogP contribution < -0.4 is 10.1 Å². The maximum absolute atomic E-state index is 13.8. The first-order valence-electron chi connectivity index (χ1n) is 9.79. The van der Waals surface area contributed by atoms with Crippen molar-refractivity contribution in [2.24, 2.45) is 5.92 Å². The van der Waals surface area contributed by atoms with Gasteiger partial charge in [0.25, 0.3) is 5.89 Å². The van der Waals surface area contributed by atoms with Crippen molar-refractivity contribution in [2.45, 2.75) is 45.8 Å². The monoisotopic (exact) mass is 420 g/mol. The zero-order valence-electron chi connectivity index (χ0n) is 17.1. The van der Waals surface area contributed by atoms with Crippen LogP contribution in [-0.4, -0.2) is 57.4 Å². The molecule has 162 valence electrons. The minimum atomic E-state index is -1.22. The van der Waals surface area contributed by atoms with Crippen LogP contribution in [0.1, 0.15) is 32.6 Å². The maximum Gasteiger partial charge on any atom is 0.405 e. The van der Waals surface area contributed by atoms with Gasteiger partial charge in [-0.2, -0.15) is 0 Å². The van der Waals surface area contributed by atoms with Crippen molar-refractivity contribution in [2.75, 3.05) is 13.1 Å². The van der Waals surface area contributed by atoms with Crippen LogP contribution in [0.15, 0.2) is 22.6 Å². The molecule has 0 unspecified atom stereocenters. The lowest BCUT2D eigenvalue weighted by molar-refractivity contribution is -0.136. The normalized spacial score (nSPS) is 15.8. The van der Waals surface area contributed by atoms with E-state index in [1.54, 1.807) is 25.7 Å². The average Bonchev–Trinajstić information content (AvgIpc) is 3.13. The molecule has 9 nitrogen and oxygen atoms in total. The van der Waals surface area contributed by atoms with Crippen LogP contribution in [0.5, 0.6) is 5.75 Å². The van der Waals surface area contributed by atoms with E-state index in [4.69, 9.17) is 14.3 Å². The average molecular weight is 420 g/mol. The number of amides is 2. The molecule has 2 heterocycles. The highest BCUT2D eigenvalue weighted by Crippen LogP contribution is 2.32. The van der Waals surface area contributed by atoms with Crippen LogP contribution in [0.4, 0.5) is 9.18 Å². The number of aromatic nitrogens is 2. The highest BCUT2D eigenvalue weighted by molar-refractivity contribution is 5.85. The third-order valence-electron chi connectivity index (χ3n) is 4.96. The van der Waals surface area contributed by atoms with Gasteiger partial charge in [0.05, 0.1) is 5.56 Å². The van der Waals surface area contributed by atoms with E-state index in [1.807, 2.05) is 0 Å². The molecule has 3 rings (SSSR count). The second-order valence-corrected chi connectivity index (χ2v) is 7.58. The number of hydrogen-bond donors (Lipinski definition) is 2. The third-order valence-corrected chi connectivity index (χ3v) is 4.96. The number of hydrogen-bond acceptors (Lipinski definition) is 6. The summed E-state index contributed by atoms with van der Waals surface area (Å²) in [6.45, 7) is 6.11. The van der Waals surface area contributed by atoms with E-state index in [1.165, 1.54) is 18.2 Å². The minimum absolute atomic E-state index is 0.165. The molecular weight excluding hydrogens is 395 g/mol. The number of ether oxygens (including phenoxy) is 1. The van der Waals surface area contributed by atoms with Crippen LogP contribution in [0.3, 0.4) is 0 Å². The van der Waals surface area contributed by atoms with Crippen molar-refractivity contribution >= 4 is 12.0 Å². The van der Waals surface area contributed by atoms with Gasteiger partial charge in [-0.05, 0) is 24.1 Å². The fourth-order valence-electron chi connectivity index (χ4n) is 3.39. The third kappa shape index (κ3) is 5.05. The highest BCUT2D eigenvalue weighted by atomic mass is 19.1. The molecule has 2 amide bonds. The second kappa shape index (κ2) is 9.10. The fraction of sp³-hybridized carbons (Fsp3) is 0.500. The summed E-state index contributed by atoms with van der Waals surface area (Å²) in [4.78, 5) is 25.3. The van der Waals surface area contributed by atoms with Crippen LogP contribution in [0, 0.1) is 18.7 Å². The van der Waals surface area contributed by atoms with Crippen molar-refractivity contribution in [3.63, 3.8) is 0 Å². The van der Waals surface area contributed by atoms with Crippen molar-refractivity contribution in [1.29, 1.82) is 0 Å². The zero-order chi connectivity index (χ0) is 21.8. The Hall–Kier alpha value is -3.17. The van der Waals surface area contributed by atoms with Gasteiger partial charge in [-0.3, -0.25) is 4.79 Å². The van der Waals surface area contributed by atoms with E-state index in [9.17, 15) is 14.0 Å². The molecule has 1 aromatic carbocycles. The zero-order valence-corrected chi connectivity index (χ0v) is 17.1. The van der Waals surface area contributed by atoms with Crippen molar-refractivity contribution in [1.82, 2.24) is 20.4 Å². The molecule has 1 aliphatic heterocycles. The van der Waals surface area contributed by atoms with Gasteiger partial charge in [-0.1, -0.05) is 13.8 Å². The second-order valence-electron chi connectivity index (χ2n) is 7.58. The molecule has 0 radical (unpaired) electrons. The van der Waals surface area contributed by atoms with Crippen LogP contribution >= 0.6 is 0 Å². The predicted octanol–water partition coefficient (Wildman–Crippen LogP) is 2.85. The number of nitrogens with one attached hydrogen (secondary N) is 1. The first-order chi connectivity index (χ1) is 14.2. The Kier molecular flexibility index (Phi) is 6.53. The first kappa shape index (κ1) is 21.5. The number of benzene rings is 1. The summed E-state index contributed by atoms with van der Waals surface area (Å²) in [6.07, 6.45) is -0.292. The molecule has 0 aliphatic carbocycles. The summed E-state index contributed by atoms with van der Waals surface area (Å²) in [6, 6.07) is 3.31. The Morgan fingerprint density at radius 3 is 2.57 bits per heavy atom. The van der Waals surface area contributed by atoms with Crippen LogP contribution in [0.25, 0.3) is 11.5 Å². The molecule has 10 heteroatoms. The molecule has 1 aromatic heterocycles. The summed E-state index contributed by atoms with van der Waals surface area (Å²) >= 11 is 0. The smallest absolute Gasteiger partial charge is 0.405 e. The molecule has 1 fully saturated rings. The van der Waals surface area contributed by atoms with E-state index >= 15 is 0 Å². The van der Waals surface area contributed by atoms with E-state index in [0.29, 0.717) is 43.1 Å². The molecule has 0 spiro atoms. The van der Waals surface area contributed by atoms with Gasteiger partial charge in [-0.15, -0.1) is 10.2 Å². The lowest BCUT2D eigenvalue weighted by Crippen LogP contribution is -2.53. The highest BCUT2D eigenvalue weighted by Gasteiger charge is 2.32. The van der Waals surface area contributed by atoms with Gasteiger partial charge >= 0.3 is 6.09 Å². The van der Waals surface area contributed by atoms with Gasteiger partial charge < -0.3 is 24.5 Å². The molecule has 0 bridgehead atoms. The Balaban J connectivity index is 1.65. The topological polar surface area (TPSA) is 118 Å².